The number of nitrogens with one attached hydrogen (secondary N) is 1. The molecule has 0 atom stereocenters. The number of aromatic nitrogens is 1. The van der Waals surface area contributed by atoms with Crippen molar-refractivity contribution in [2.75, 3.05) is 11.9 Å². The summed E-state index contributed by atoms with van der Waals surface area (Å²) >= 11 is 6.15. The van der Waals surface area contributed by atoms with Crippen molar-refractivity contribution in [3.05, 3.63) is 58.7 Å². The zero-order valence-corrected chi connectivity index (χ0v) is 12.9. The second-order valence-electron chi connectivity index (χ2n) is 5.93. The number of amides is 1. The summed E-state index contributed by atoms with van der Waals surface area (Å²) in [5.74, 6) is 0.0784. The average molecular weight is 316 g/mol. The number of anilines is 1. The molecule has 22 heavy (non-hydrogen) atoms. The number of benzene rings is 1. The molecule has 1 heterocycles. The molecule has 1 aromatic heterocycles. The van der Waals surface area contributed by atoms with Gasteiger partial charge in [-0.1, -0.05) is 41.9 Å². The van der Waals surface area contributed by atoms with Gasteiger partial charge in [-0.15, -0.1) is 0 Å². The van der Waals surface area contributed by atoms with Gasteiger partial charge in [-0.25, -0.2) is 4.98 Å². The standard InChI is InChI=1S/C17H18ClN3O/c18-14-8-13(15(19)22)10-20-16(14)21-11-17(6-7-17)9-12-4-2-1-3-5-12/h1-5,8,10H,6-7,9,11H2,(H2,19,22)(H,20,21). The Kier molecular flexibility index (Phi) is 4.03. The molecule has 0 saturated heterocycles. The monoisotopic (exact) mass is 315 g/mol. The highest BCUT2D eigenvalue weighted by Gasteiger charge is 2.42. The smallest absolute Gasteiger partial charge is 0.250 e. The predicted octanol–water partition coefficient (Wildman–Crippen LogP) is 3.27. The Labute approximate surface area is 134 Å². The molecule has 0 aliphatic heterocycles. The zero-order chi connectivity index (χ0) is 15.6. The van der Waals surface area contributed by atoms with Crippen LogP contribution in [0.3, 0.4) is 0 Å². The van der Waals surface area contributed by atoms with Crippen molar-refractivity contribution in [3.8, 4) is 0 Å². The number of nitrogens with two attached hydrogens (primary N) is 1. The highest BCUT2D eigenvalue weighted by molar-refractivity contribution is 6.33. The Morgan fingerprint density at radius 2 is 2.05 bits per heavy atom. The van der Waals surface area contributed by atoms with Crippen LogP contribution in [-0.2, 0) is 6.42 Å². The molecule has 1 aliphatic rings. The molecular formula is C17H18ClN3O. The van der Waals surface area contributed by atoms with Gasteiger partial charge in [0.05, 0.1) is 10.6 Å². The number of carbonyl (C=O) groups is 1. The Morgan fingerprint density at radius 3 is 2.64 bits per heavy atom. The van der Waals surface area contributed by atoms with Crippen molar-refractivity contribution in [1.29, 1.82) is 0 Å². The summed E-state index contributed by atoms with van der Waals surface area (Å²) in [5, 5.41) is 3.73. The fraction of sp³-hybridized carbons (Fsp3) is 0.294. The molecule has 0 unspecified atom stereocenters. The van der Waals surface area contributed by atoms with E-state index in [1.54, 1.807) is 6.07 Å². The fourth-order valence-electron chi connectivity index (χ4n) is 2.60. The molecule has 4 nitrogen and oxygen atoms in total. The molecule has 1 aromatic carbocycles. The number of hydrogen-bond donors (Lipinski definition) is 2. The maximum Gasteiger partial charge on any atom is 0.250 e. The molecule has 114 valence electrons. The lowest BCUT2D eigenvalue weighted by molar-refractivity contribution is 0.1000. The van der Waals surface area contributed by atoms with E-state index >= 15 is 0 Å². The first-order valence-electron chi connectivity index (χ1n) is 7.31. The van der Waals surface area contributed by atoms with E-state index in [1.807, 2.05) is 6.07 Å². The van der Waals surface area contributed by atoms with Crippen molar-refractivity contribution < 1.29 is 4.79 Å². The van der Waals surface area contributed by atoms with Crippen LogP contribution < -0.4 is 11.1 Å². The van der Waals surface area contributed by atoms with E-state index in [2.05, 4.69) is 34.6 Å². The summed E-state index contributed by atoms with van der Waals surface area (Å²) in [6.07, 6.45) is 4.91. The first-order chi connectivity index (χ1) is 10.6. The molecule has 0 bridgehead atoms. The van der Waals surface area contributed by atoms with Crippen LogP contribution in [0, 0.1) is 5.41 Å². The summed E-state index contributed by atoms with van der Waals surface area (Å²) in [6.45, 7) is 0.824. The lowest BCUT2D eigenvalue weighted by Gasteiger charge is -2.17. The van der Waals surface area contributed by atoms with E-state index < -0.39 is 5.91 Å². The van der Waals surface area contributed by atoms with Gasteiger partial charge in [0.2, 0.25) is 5.91 Å². The molecule has 1 saturated carbocycles. The molecule has 5 heteroatoms. The number of primary amides is 1. The van der Waals surface area contributed by atoms with Gasteiger partial charge < -0.3 is 11.1 Å². The van der Waals surface area contributed by atoms with E-state index in [4.69, 9.17) is 17.3 Å². The van der Waals surface area contributed by atoms with Crippen molar-refractivity contribution >= 4 is 23.3 Å². The van der Waals surface area contributed by atoms with Gasteiger partial charge in [0, 0.05) is 12.7 Å². The summed E-state index contributed by atoms with van der Waals surface area (Å²) in [5.41, 5.74) is 7.17. The Bertz CT molecular complexity index is 684. The van der Waals surface area contributed by atoms with Crippen LogP contribution in [0.1, 0.15) is 28.8 Å². The first kappa shape index (κ1) is 14.9. The van der Waals surface area contributed by atoms with Gasteiger partial charge in [-0.3, -0.25) is 4.79 Å². The third kappa shape index (κ3) is 3.39. The fourth-order valence-corrected chi connectivity index (χ4v) is 2.83. The number of halogens is 1. The van der Waals surface area contributed by atoms with Crippen LogP contribution in [0.25, 0.3) is 0 Å². The van der Waals surface area contributed by atoms with Gasteiger partial charge in [-0.05, 0) is 36.3 Å². The van der Waals surface area contributed by atoms with Crippen LogP contribution in [-0.4, -0.2) is 17.4 Å². The van der Waals surface area contributed by atoms with Crippen LogP contribution >= 0.6 is 11.6 Å². The van der Waals surface area contributed by atoms with Crippen molar-refractivity contribution in [2.24, 2.45) is 11.1 Å². The average Bonchev–Trinajstić information content (AvgIpc) is 3.27. The Hall–Kier alpha value is -2.07. The molecule has 2 aromatic rings. The van der Waals surface area contributed by atoms with Crippen LogP contribution in [0.4, 0.5) is 5.82 Å². The maximum absolute atomic E-state index is 11.1. The van der Waals surface area contributed by atoms with E-state index in [9.17, 15) is 4.79 Å². The van der Waals surface area contributed by atoms with Gasteiger partial charge in [0.1, 0.15) is 5.82 Å². The number of pyridine rings is 1. The van der Waals surface area contributed by atoms with E-state index in [0.29, 0.717) is 16.4 Å². The number of hydrogen-bond acceptors (Lipinski definition) is 3. The molecule has 3 N–H and O–H groups in total. The van der Waals surface area contributed by atoms with Crippen molar-refractivity contribution in [3.63, 3.8) is 0 Å². The summed E-state index contributed by atoms with van der Waals surface area (Å²) < 4.78 is 0. The van der Waals surface area contributed by atoms with Crippen molar-refractivity contribution in [2.45, 2.75) is 19.3 Å². The topological polar surface area (TPSA) is 68.0 Å². The maximum atomic E-state index is 11.1. The zero-order valence-electron chi connectivity index (χ0n) is 12.2. The number of nitrogens with zero attached hydrogens (tertiary/aromatic N) is 1. The van der Waals surface area contributed by atoms with E-state index in [-0.39, 0.29) is 5.41 Å². The summed E-state index contributed by atoms with van der Waals surface area (Å²) in [7, 11) is 0. The van der Waals surface area contributed by atoms with Crippen molar-refractivity contribution in [1.82, 2.24) is 4.98 Å². The van der Waals surface area contributed by atoms with E-state index in [0.717, 1.165) is 13.0 Å². The molecule has 1 fully saturated rings. The summed E-state index contributed by atoms with van der Waals surface area (Å²) in [6, 6.07) is 12.0. The normalized spacial score (nSPS) is 15.3. The highest BCUT2D eigenvalue weighted by atomic mass is 35.5. The third-order valence-electron chi connectivity index (χ3n) is 4.14. The summed E-state index contributed by atoms with van der Waals surface area (Å²) in [4.78, 5) is 15.3. The molecule has 3 rings (SSSR count). The third-order valence-corrected chi connectivity index (χ3v) is 4.42. The van der Waals surface area contributed by atoms with E-state index in [1.165, 1.54) is 24.6 Å². The molecule has 0 radical (unpaired) electrons. The minimum absolute atomic E-state index is 0.286. The molecular weight excluding hydrogens is 298 g/mol. The lowest BCUT2D eigenvalue weighted by Crippen LogP contribution is -2.19. The second kappa shape index (κ2) is 5.97. The van der Waals surface area contributed by atoms with Crippen LogP contribution in [0.5, 0.6) is 0 Å². The SMILES string of the molecule is NC(=O)c1cnc(NCC2(Cc3ccccc3)CC2)c(Cl)c1. The first-order valence-corrected chi connectivity index (χ1v) is 7.69. The van der Waals surface area contributed by atoms with Gasteiger partial charge in [0.25, 0.3) is 0 Å². The van der Waals surface area contributed by atoms with Gasteiger partial charge in [0.15, 0.2) is 0 Å². The molecule has 0 spiro atoms. The minimum Gasteiger partial charge on any atom is -0.368 e. The quantitative estimate of drug-likeness (QED) is 0.859. The number of rotatable bonds is 6. The highest BCUT2D eigenvalue weighted by Crippen LogP contribution is 2.48. The second-order valence-corrected chi connectivity index (χ2v) is 6.34. The lowest BCUT2D eigenvalue weighted by atomic mass is 9.96. The molecule has 1 aliphatic carbocycles. The van der Waals surface area contributed by atoms with Gasteiger partial charge in [-0.2, -0.15) is 0 Å². The number of carbonyl (C=O) groups excluding carboxylic acids is 1. The van der Waals surface area contributed by atoms with Crippen LogP contribution in [0.2, 0.25) is 5.02 Å². The Balaban J connectivity index is 1.64. The minimum atomic E-state index is -0.524. The Morgan fingerprint density at radius 1 is 1.32 bits per heavy atom. The largest absolute Gasteiger partial charge is 0.368 e. The predicted molar refractivity (Wildman–Crippen MR) is 88.1 cm³/mol. The molecule has 1 amide bonds. The van der Waals surface area contributed by atoms with Crippen LogP contribution in [0.15, 0.2) is 42.6 Å². The van der Waals surface area contributed by atoms with Gasteiger partial charge >= 0.3 is 0 Å².